The number of nitriles is 2. The molecule has 1 aliphatic heterocycles. The second kappa shape index (κ2) is 10.1. The second-order valence-corrected chi connectivity index (χ2v) is 18.6. The molecule has 5 heterocycles. The van der Waals surface area contributed by atoms with Crippen LogP contribution in [0.25, 0.3) is 88.2 Å². The van der Waals surface area contributed by atoms with Crippen LogP contribution in [-0.4, -0.2) is 22.2 Å². The van der Waals surface area contributed by atoms with E-state index in [1.807, 2.05) is 54.7 Å². The molecular weight excluding hydrogens is 655 g/mol. The van der Waals surface area contributed by atoms with E-state index in [9.17, 15) is 10.5 Å². The number of rotatable bonds is 2. The lowest BCUT2D eigenvalue weighted by Crippen LogP contribution is -2.49. The molecule has 11 rings (SSSR count). The van der Waals surface area contributed by atoms with Crippen molar-refractivity contribution in [2.45, 2.75) is 13.1 Å². The van der Waals surface area contributed by atoms with E-state index in [4.69, 9.17) is 4.42 Å². The SMILES string of the molecule is C[Si]1(C)c2ccc(-n3c4ccc(C#N)cc4c4cc(C#N)ccc43)cc2-c2cc(-n3c4ccccc4c4c5oc6cccnc6c5ccc43)ccc21. The molecule has 0 aliphatic carbocycles. The van der Waals surface area contributed by atoms with Gasteiger partial charge in [-0.25, -0.2) is 0 Å². The van der Waals surface area contributed by atoms with Crippen molar-refractivity contribution in [3.8, 4) is 34.6 Å². The Balaban J connectivity index is 1.15. The summed E-state index contributed by atoms with van der Waals surface area (Å²) in [6, 6.07) is 47.0. The van der Waals surface area contributed by atoms with Gasteiger partial charge in [0.25, 0.3) is 0 Å². The van der Waals surface area contributed by atoms with E-state index >= 15 is 0 Å². The van der Waals surface area contributed by atoms with Crippen molar-refractivity contribution in [3.05, 3.63) is 139 Å². The lowest BCUT2D eigenvalue weighted by Gasteiger charge is -2.19. The predicted molar refractivity (Wildman–Crippen MR) is 212 cm³/mol. The van der Waals surface area contributed by atoms with Crippen LogP contribution in [0.3, 0.4) is 0 Å². The quantitative estimate of drug-likeness (QED) is 0.170. The highest BCUT2D eigenvalue weighted by molar-refractivity contribution is 7.03. The average Bonchev–Trinajstić information content (AvgIpc) is 3.89. The molecule has 0 N–H and O–H groups in total. The van der Waals surface area contributed by atoms with Crippen molar-refractivity contribution in [2.75, 3.05) is 0 Å². The number of fused-ring (bicyclic) bond motifs is 13. The first kappa shape index (κ1) is 28.9. The molecule has 0 radical (unpaired) electrons. The summed E-state index contributed by atoms with van der Waals surface area (Å²) in [6.45, 7) is 4.88. The zero-order valence-corrected chi connectivity index (χ0v) is 29.3. The number of aromatic nitrogens is 3. The normalized spacial score (nSPS) is 13.3. The minimum absolute atomic E-state index is 0.597. The van der Waals surface area contributed by atoms with Gasteiger partial charge in [0.05, 0.1) is 50.7 Å². The molecular formula is C45H27N5OSi. The molecule has 6 aromatic carbocycles. The molecule has 52 heavy (non-hydrogen) atoms. The number of nitrogens with zero attached hydrogens (tertiary/aromatic N) is 5. The first-order valence-corrected chi connectivity index (χ1v) is 20.3. The van der Waals surface area contributed by atoms with Crippen molar-refractivity contribution in [3.63, 3.8) is 0 Å². The molecule has 0 saturated heterocycles. The number of hydrogen-bond acceptors (Lipinski definition) is 4. The summed E-state index contributed by atoms with van der Waals surface area (Å²) < 4.78 is 11.1. The summed E-state index contributed by atoms with van der Waals surface area (Å²) in [6.07, 6.45) is 1.82. The molecule has 0 saturated carbocycles. The van der Waals surface area contributed by atoms with Crippen molar-refractivity contribution >= 4 is 84.1 Å². The summed E-state index contributed by atoms with van der Waals surface area (Å²) in [7, 11) is -2.00. The number of para-hydroxylation sites is 1. The third kappa shape index (κ3) is 3.67. The number of furan rings is 1. The van der Waals surface area contributed by atoms with Crippen LogP contribution in [0.15, 0.2) is 132 Å². The van der Waals surface area contributed by atoms with E-state index in [1.54, 1.807) is 0 Å². The summed E-state index contributed by atoms with van der Waals surface area (Å²) in [5.74, 6) is 0. The van der Waals surface area contributed by atoms with E-state index in [-0.39, 0.29) is 0 Å². The highest BCUT2D eigenvalue weighted by atomic mass is 28.3. The van der Waals surface area contributed by atoms with Gasteiger partial charge in [-0.2, -0.15) is 10.5 Å². The maximum absolute atomic E-state index is 9.71. The Bertz CT molecular complexity index is 3240. The summed E-state index contributed by atoms with van der Waals surface area (Å²) >= 11 is 0. The van der Waals surface area contributed by atoms with Gasteiger partial charge >= 0.3 is 0 Å². The van der Waals surface area contributed by atoms with Gasteiger partial charge in [0, 0.05) is 39.1 Å². The van der Waals surface area contributed by atoms with Crippen LogP contribution in [0.4, 0.5) is 0 Å². The molecule has 10 aromatic rings. The zero-order valence-electron chi connectivity index (χ0n) is 28.3. The summed E-state index contributed by atoms with van der Waals surface area (Å²) in [4.78, 5) is 4.65. The van der Waals surface area contributed by atoms with Crippen LogP contribution in [0.5, 0.6) is 0 Å². The van der Waals surface area contributed by atoms with E-state index < -0.39 is 8.07 Å². The smallest absolute Gasteiger partial charge is 0.153 e. The molecule has 4 aromatic heterocycles. The molecule has 0 fully saturated rings. The van der Waals surface area contributed by atoms with Gasteiger partial charge in [0.1, 0.15) is 19.2 Å². The molecule has 0 amide bonds. The van der Waals surface area contributed by atoms with Gasteiger partial charge in [-0.05, 0) is 112 Å². The Kier molecular flexibility index (Phi) is 5.59. The molecule has 7 heteroatoms. The van der Waals surface area contributed by atoms with Crippen molar-refractivity contribution < 1.29 is 4.42 Å². The zero-order chi connectivity index (χ0) is 34.9. The van der Waals surface area contributed by atoms with Crippen molar-refractivity contribution in [1.82, 2.24) is 14.1 Å². The van der Waals surface area contributed by atoms with Crippen LogP contribution in [0.2, 0.25) is 13.1 Å². The standard InChI is InChI=1S/C45H27N5OSi/c1-52(2)41-17-11-28(49-37-14-9-26(24-46)20-32(37)33-21-27(25-47)10-15-38(33)49)22-34(41)35-23-29(12-18-42(35)52)50-36-7-4-3-6-30(36)43-39(50)16-13-31-44-40(51-45(31)43)8-5-19-48-44/h3-23H,1-2H3. The first-order valence-electron chi connectivity index (χ1n) is 17.3. The minimum Gasteiger partial charge on any atom is -0.454 e. The van der Waals surface area contributed by atoms with Gasteiger partial charge in [-0.15, -0.1) is 0 Å². The molecule has 242 valence electrons. The summed E-state index contributed by atoms with van der Waals surface area (Å²) in [5, 5.41) is 27.4. The van der Waals surface area contributed by atoms with E-state index in [0.29, 0.717) is 11.1 Å². The fourth-order valence-electron chi connectivity index (χ4n) is 8.85. The van der Waals surface area contributed by atoms with E-state index in [1.165, 1.54) is 21.5 Å². The van der Waals surface area contributed by atoms with E-state index in [0.717, 1.165) is 77.1 Å². The van der Waals surface area contributed by atoms with Gasteiger partial charge in [0.2, 0.25) is 0 Å². The van der Waals surface area contributed by atoms with Gasteiger partial charge < -0.3 is 13.6 Å². The third-order valence-corrected chi connectivity index (χ3v) is 14.8. The van der Waals surface area contributed by atoms with Crippen molar-refractivity contribution in [1.29, 1.82) is 10.5 Å². The average molecular weight is 682 g/mol. The Morgan fingerprint density at radius 3 is 1.83 bits per heavy atom. The van der Waals surface area contributed by atoms with Crippen LogP contribution in [0.1, 0.15) is 11.1 Å². The third-order valence-electron chi connectivity index (χ3n) is 11.2. The number of benzene rings is 6. The van der Waals surface area contributed by atoms with Gasteiger partial charge in [0.15, 0.2) is 5.58 Å². The molecule has 1 aliphatic rings. The number of hydrogen-bond donors (Lipinski definition) is 0. The molecule has 0 spiro atoms. The lowest BCUT2D eigenvalue weighted by atomic mass is 10.0. The number of pyridine rings is 1. The molecule has 6 nitrogen and oxygen atoms in total. The van der Waals surface area contributed by atoms with Gasteiger partial charge in [-0.1, -0.05) is 43.4 Å². The Hall–Kier alpha value is -6.93. The van der Waals surface area contributed by atoms with Crippen LogP contribution in [0, 0.1) is 22.7 Å². The van der Waals surface area contributed by atoms with Crippen LogP contribution < -0.4 is 10.4 Å². The van der Waals surface area contributed by atoms with Crippen molar-refractivity contribution in [2.24, 2.45) is 0 Å². The fraction of sp³-hybridized carbons (Fsp3) is 0.0444. The predicted octanol–water partition coefficient (Wildman–Crippen LogP) is 9.72. The maximum atomic E-state index is 9.71. The Labute approximate surface area is 298 Å². The van der Waals surface area contributed by atoms with E-state index in [2.05, 4.69) is 112 Å². The molecule has 0 bridgehead atoms. The van der Waals surface area contributed by atoms with Crippen LogP contribution in [-0.2, 0) is 0 Å². The monoisotopic (exact) mass is 681 g/mol. The molecule has 0 atom stereocenters. The summed E-state index contributed by atoms with van der Waals surface area (Å²) in [5.41, 5.74) is 12.6. The highest BCUT2D eigenvalue weighted by Gasteiger charge is 2.38. The lowest BCUT2D eigenvalue weighted by molar-refractivity contribution is 0.672. The van der Waals surface area contributed by atoms with Gasteiger partial charge in [-0.3, -0.25) is 4.98 Å². The van der Waals surface area contributed by atoms with Crippen LogP contribution >= 0.6 is 0 Å². The largest absolute Gasteiger partial charge is 0.454 e. The Morgan fingerprint density at radius 1 is 0.577 bits per heavy atom. The fourth-order valence-corrected chi connectivity index (χ4v) is 11.9. The second-order valence-electron chi connectivity index (χ2n) is 14.2. The minimum atomic E-state index is -2.00. The Morgan fingerprint density at radius 2 is 1.17 bits per heavy atom. The first-order chi connectivity index (χ1) is 25.4. The topological polar surface area (TPSA) is 83.5 Å². The maximum Gasteiger partial charge on any atom is 0.153 e. The highest BCUT2D eigenvalue weighted by Crippen LogP contribution is 2.41. The molecule has 0 unspecified atom stereocenters.